The van der Waals surface area contributed by atoms with Crippen LogP contribution in [0.1, 0.15) is 36.7 Å². The van der Waals surface area contributed by atoms with Gasteiger partial charge in [0, 0.05) is 18.0 Å². The second kappa shape index (κ2) is 6.32. The smallest absolute Gasteiger partial charge is 0.256 e. The number of aromatic nitrogens is 2. The highest BCUT2D eigenvalue weighted by molar-refractivity contribution is 6.06. The molecule has 3 aromatic rings. The zero-order chi connectivity index (χ0) is 17.2. The lowest BCUT2D eigenvalue weighted by molar-refractivity contribution is 0.102. The lowest BCUT2D eigenvalue weighted by Crippen LogP contribution is -2.21. The monoisotopic (exact) mass is 319 g/mol. The Labute approximate surface area is 142 Å². The van der Waals surface area contributed by atoms with Crippen LogP contribution >= 0.6 is 0 Å². The third kappa shape index (κ3) is 3.23. The van der Waals surface area contributed by atoms with Crippen LogP contribution in [-0.2, 0) is 5.41 Å². The second-order valence-corrected chi connectivity index (χ2v) is 6.74. The molecule has 3 rings (SSSR count). The van der Waals surface area contributed by atoms with Crippen LogP contribution in [0.3, 0.4) is 0 Å². The third-order valence-corrected chi connectivity index (χ3v) is 3.91. The van der Waals surface area contributed by atoms with Gasteiger partial charge in [0.05, 0.1) is 17.7 Å². The van der Waals surface area contributed by atoms with Crippen molar-refractivity contribution >= 4 is 11.6 Å². The maximum Gasteiger partial charge on any atom is 0.256 e. The van der Waals surface area contributed by atoms with Gasteiger partial charge in [-0.15, -0.1) is 0 Å². The second-order valence-electron chi connectivity index (χ2n) is 6.74. The number of carbonyl (C=O) groups excluding carboxylic acids is 1. The molecule has 1 amide bonds. The Morgan fingerprint density at radius 3 is 2.46 bits per heavy atom. The summed E-state index contributed by atoms with van der Waals surface area (Å²) in [5.41, 5.74) is 3.27. The number of carbonyl (C=O) groups is 1. The van der Waals surface area contributed by atoms with Crippen molar-refractivity contribution in [2.24, 2.45) is 0 Å². The van der Waals surface area contributed by atoms with Gasteiger partial charge in [0.2, 0.25) is 0 Å². The summed E-state index contributed by atoms with van der Waals surface area (Å²) in [6.07, 6.45) is 5.29. The highest BCUT2D eigenvalue weighted by Gasteiger charge is 2.21. The summed E-state index contributed by atoms with van der Waals surface area (Å²) in [7, 11) is 0. The van der Waals surface area contributed by atoms with E-state index in [2.05, 4.69) is 31.1 Å². The summed E-state index contributed by atoms with van der Waals surface area (Å²) in [5.74, 6) is -0.104. The van der Waals surface area contributed by atoms with E-state index < -0.39 is 0 Å². The van der Waals surface area contributed by atoms with Gasteiger partial charge in [-0.1, -0.05) is 51.1 Å². The average Bonchev–Trinajstić information content (AvgIpc) is 3.09. The standard InChI is InChI=1S/C20H21N3O/c1-20(2,3)16-9-5-4-8-15(16)19(24)22-17-10-6-7-11-18(17)23-13-12-21-14-23/h4-14H,1-3H3,(H,22,24). The average molecular weight is 319 g/mol. The maximum absolute atomic E-state index is 12.9. The minimum atomic E-state index is -0.104. The molecule has 4 nitrogen and oxygen atoms in total. The number of nitrogens with zero attached hydrogens (tertiary/aromatic N) is 2. The Balaban J connectivity index is 1.95. The van der Waals surface area contributed by atoms with Gasteiger partial charge in [0.1, 0.15) is 0 Å². The first-order chi connectivity index (χ1) is 11.5. The van der Waals surface area contributed by atoms with Gasteiger partial charge in [-0.05, 0) is 29.2 Å². The van der Waals surface area contributed by atoms with Crippen LogP contribution in [0, 0.1) is 0 Å². The summed E-state index contributed by atoms with van der Waals surface area (Å²) in [5, 5.41) is 3.04. The molecule has 0 aliphatic rings. The van der Waals surface area contributed by atoms with Crippen LogP contribution in [0.4, 0.5) is 5.69 Å². The first-order valence-electron chi connectivity index (χ1n) is 7.95. The molecule has 0 aliphatic carbocycles. The number of nitrogens with one attached hydrogen (secondary N) is 1. The van der Waals surface area contributed by atoms with Crippen LogP contribution in [0.25, 0.3) is 5.69 Å². The molecule has 0 saturated heterocycles. The largest absolute Gasteiger partial charge is 0.320 e. The molecule has 0 spiro atoms. The third-order valence-electron chi connectivity index (χ3n) is 3.91. The van der Waals surface area contributed by atoms with E-state index in [-0.39, 0.29) is 11.3 Å². The Bertz CT molecular complexity index is 845. The molecule has 1 heterocycles. The Kier molecular flexibility index (Phi) is 4.21. The van der Waals surface area contributed by atoms with E-state index in [0.29, 0.717) is 5.56 Å². The van der Waals surface area contributed by atoms with Crippen LogP contribution < -0.4 is 5.32 Å². The first kappa shape index (κ1) is 16.0. The molecule has 2 aromatic carbocycles. The van der Waals surface area contributed by atoms with Gasteiger partial charge < -0.3 is 9.88 Å². The fourth-order valence-corrected chi connectivity index (χ4v) is 2.73. The summed E-state index contributed by atoms with van der Waals surface area (Å²) in [4.78, 5) is 16.9. The summed E-state index contributed by atoms with van der Waals surface area (Å²) in [6, 6.07) is 15.4. The number of imidazole rings is 1. The normalized spacial score (nSPS) is 11.3. The van der Waals surface area contributed by atoms with Crippen molar-refractivity contribution in [1.82, 2.24) is 9.55 Å². The molecule has 122 valence electrons. The van der Waals surface area contributed by atoms with E-state index in [1.54, 1.807) is 12.5 Å². The van der Waals surface area contributed by atoms with Crippen LogP contribution in [0.15, 0.2) is 67.3 Å². The van der Waals surface area contributed by atoms with E-state index in [1.165, 1.54) is 0 Å². The van der Waals surface area contributed by atoms with E-state index in [4.69, 9.17) is 0 Å². The van der Waals surface area contributed by atoms with Crippen molar-refractivity contribution in [2.75, 3.05) is 5.32 Å². The SMILES string of the molecule is CC(C)(C)c1ccccc1C(=O)Nc1ccccc1-n1ccnc1. The Hall–Kier alpha value is -2.88. The van der Waals surface area contributed by atoms with Crippen molar-refractivity contribution in [2.45, 2.75) is 26.2 Å². The molecule has 0 saturated carbocycles. The van der Waals surface area contributed by atoms with Crippen molar-refractivity contribution in [3.63, 3.8) is 0 Å². The lowest BCUT2D eigenvalue weighted by atomic mass is 9.83. The number of amides is 1. The minimum absolute atomic E-state index is 0.0994. The predicted octanol–water partition coefficient (Wildman–Crippen LogP) is 4.42. The zero-order valence-electron chi connectivity index (χ0n) is 14.2. The number of hydrogen-bond acceptors (Lipinski definition) is 2. The molecule has 0 fully saturated rings. The summed E-state index contributed by atoms with van der Waals surface area (Å²) in [6.45, 7) is 6.33. The van der Waals surface area contributed by atoms with Gasteiger partial charge in [0.25, 0.3) is 5.91 Å². The summed E-state index contributed by atoms with van der Waals surface area (Å²) >= 11 is 0. The Morgan fingerprint density at radius 1 is 1.04 bits per heavy atom. The van der Waals surface area contributed by atoms with Gasteiger partial charge in [-0.3, -0.25) is 4.79 Å². The molecule has 0 aliphatic heterocycles. The molecule has 4 heteroatoms. The summed E-state index contributed by atoms with van der Waals surface area (Å²) < 4.78 is 1.88. The molecular formula is C20H21N3O. The van der Waals surface area contributed by atoms with E-state index in [0.717, 1.165) is 16.9 Å². The van der Waals surface area contributed by atoms with Crippen LogP contribution in [0.2, 0.25) is 0 Å². The lowest BCUT2D eigenvalue weighted by Gasteiger charge is -2.22. The van der Waals surface area contributed by atoms with Crippen molar-refractivity contribution in [1.29, 1.82) is 0 Å². The predicted molar refractivity (Wildman–Crippen MR) is 96.7 cm³/mol. The number of hydrogen-bond donors (Lipinski definition) is 1. The molecule has 1 N–H and O–H groups in total. The molecule has 0 radical (unpaired) electrons. The van der Waals surface area contributed by atoms with E-state index in [1.807, 2.05) is 59.3 Å². The highest BCUT2D eigenvalue weighted by Crippen LogP contribution is 2.27. The molecule has 24 heavy (non-hydrogen) atoms. The maximum atomic E-state index is 12.9. The number of benzene rings is 2. The van der Waals surface area contributed by atoms with Gasteiger partial charge >= 0.3 is 0 Å². The van der Waals surface area contributed by atoms with E-state index >= 15 is 0 Å². The van der Waals surface area contributed by atoms with Crippen molar-refractivity contribution in [3.05, 3.63) is 78.4 Å². The molecule has 0 unspecified atom stereocenters. The Morgan fingerprint density at radius 2 is 1.75 bits per heavy atom. The molecular weight excluding hydrogens is 298 g/mol. The van der Waals surface area contributed by atoms with Crippen LogP contribution in [0.5, 0.6) is 0 Å². The van der Waals surface area contributed by atoms with Gasteiger partial charge in [0.15, 0.2) is 0 Å². The molecule has 0 bridgehead atoms. The fourth-order valence-electron chi connectivity index (χ4n) is 2.73. The minimum Gasteiger partial charge on any atom is -0.320 e. The molecule has 1 aromatic heterocycles. The highest BCUT2D eigenvalue weighted by atomic mass is 16.1. The quantitative estimate of drug-likeness (QED) is 0.776. The van der Waals surface area contributed by atoms with Gasteiger partial charge in [-0.2, -0.15) is 0 Å². The molecule has 0 atom stereocenters. The van der Waals surface area contributed by atoms with Crippen molar-refractivity contribution < 1.29 is 4.79 Å². The van der Waals surface area contributed by atoms with Gasteiger partial charge in [-0.25, -0.2) is 4.98 Å². The first-order valence-corrected chi connectivity index (χ1v) is 7.95. The van der Waals surface area contributed by atoms with Crippen LogP contribution in [-0.4, -0.2) is 15.5 Å². The van der Waals surface area contributed by atoms with Crippen molar-refractivity contribution in [3.8, 4) is 5.69 Å². The zero-order valence-corrected chi connectivity index (χ0v) is 14.2. The number of rotatable bonds is 3. The number of para-hydroxylation sites is 2. The van der Waals surface area contributed by atoms with E-state index in [9.17, 15) is 4.79 Å². The fraction of sp³-hybridized carbons (Fsp3) is 0.200. The topological polar surface area (TPSA) is 46.9 Å². The number of anilines is 1.